The lowest BCUT2D eigenvalue weighted by atomic mass is 10.2. The molecule has 0 aromatic carbocycles. The van der Waals surface area contributed by atoms with E-state index in [1.165, 1.54) is 18.5 Å². The largest absolute Gasteiger partial charge is 0.325 e. The van der Waals surface area contributed by atoms with Crippen molar-refractivity contribution in [2.24, 2.45) is 11.7 Å². The van der Waals surface area contributed by atoms with E-state index in [1.54, 1.807) is 0 Å². The highest BCUT2D eigenvalue weighted by atomic mass is 15.4. The zero-order valence-electron chi connectivity index (χ0n) is 8.03. The summed E-state index contributed by atoms with van der Waals surface area (Å²) in [6, 6.07) is 0. The maximum absolute atomic E-state index is 5.60. The van der Waals surface area contributed by atoms with Gasteiger partial charge in [-0.25, -0.2) is 4.68 Å². The molecule has 1 aromatic rings. The number of aromatic nitrogens is 3. The van der Waals surface area contributed by atoms with Crippen molar-refractivity contribution in [1.29, 1.82) is 0 Å². The Balaban J connectivity index is 2.20. The fraction of sp³-hybridized carbons (Fsp3) is 0.778. The maximum Gasteiger partial charge on any atom is 0.0994 e. The molecule has 0 radical (unpaired) electrons. The average molecular weight is 180 g/mol. The first-order valence-electron chi connectivity index (χ1n) is 4.96. The summed E-state index contributed by atoms with van der Waals surface area (Å²) < 4.78 is 1.97. The number of rotatable bonds is 4. The minimum absolute atomic E-state index is 0.516. The molecule has 0 bridgehead atoms. The Labute approximate surface area is 78.1 Å². The molecule has 2 rings (SSSR count). The number of nitrogens with two attached hydrogens (primary N) is 1. The summed E-state index contributed by atoms with van der Waals surface area (Å²) in [5.74, 6) is 0.870. The molecule has 72 valence electrons. The summed E-state index contributed by atoms with van der Waals surface area (Å²) in [5, 5.41) is 8.15. The van der Waals surface area contributed by atoms with Crippen LogP contribution in [-0.4, -0.2) is 15.0 Å². The van der Waals surface area contributed by atoms with Gasteiger partial charge in [0.05, 0.1) is 11.4 Å². The molecule has 1 saturated carbocycles. The molecule has 1 aliphatic carbocycles. The molecule has 4 heteroatoms. The second-order valence-electron chi connectivity index (χ2n) is 3.65. The standard InChI is InChI=1S/C9H16N4/c1-2-13-9(5-7-3-4-7)8(6-10)11-12-13/h7H,2-6,10H2,1H3. The Hall–Kier alpha value is -0.900. The summed E-state index contributed by atoms with van der Waals surface area (Å²) in [6.45, 7) is 3.50. The SMILES string of the molecule is CCn1nnc(CN)c1CC1CC1. The molecule has 2 N–H and O–H groups in total. The lowest BCUT2D eigenvalue weighted by molar-refractivity contribution is 0.585. The Bertz CT molecular complexity index is 266. The highest BCUT2D eigenvalue weighted by molar-refractivity contribution is 5.12. The van der Waals surface area contributed by atoms with E-state index >= 15 is 0 Å². The van der Waals surface area contributed by atoms with E-state index in [4.69, 9.17) is 5.73 Å². The van der Waals surface area contributed by atoms with Gasteiger partial charge >= 0.3 is 0 Å². The third kappa shape index (κ3) is 1.72. The van der Waals surface area contributed by atoms with E-state index < -0.39 is 0 Å². The van der Waals surface area contributed by atoms with Crippen LogP contribution in [0.2, 0.25) is 0 Å². The van der Waals surface area contributed by atoms with Gasteiger partial charge in [0.25, 0.3) is 0 Å². The lowest BCUT2D eigenvalue weighted by Crippen LogP contribution is -2.07. The van der Waals surface area contributed by atoms with Gasteiger partial charge in [-0.15, -0.1) is 5.10 Å². The van der Waals surface area contributed by atoms with E-state index in [0.717, 1.165) is 24.6 Å². The molecule has 1 aliphatic rings. The molecule has 0 atom stereocenters. The lowest BCUT2D eigenvalue weighted by Gasteiger charge is -2.03. The van der Waals surface area contributed by atoms with Crippen LogP contribution in [0.15, 0.2) is 0 Å². The number of hydrogen-bond acceptors (Lipinski definition) is 3. The molecule has 1 fully saturated rings. The van der Waals surface area contributed by atoms with Gasteiger partial charge in [-0.3, -0.25) is 0 Å². The van der Waals surface area contributed by atoms with Crippen LogP contribution in [0.3, 0.4) is 0 Å². The van der Waals surface area contributed by atoms with Crippen LogP contribution in [0, 0.1) is 5.92 Å². The molecular weight excluding hydrogens is 164 g/mol. The minimum atomic E-state index is 0.516. The molecule has 0 unspecified atom stereocenters. The normalized spacial score (nSPS) is 16.5. The summed E-state index contributed by atoms with van der Waals surface area (Å²) >= 11 is 0. The smallest absolute Gasteiger partial charge is 0.0994 e. The average Bonchev–Trinajstić information content (AvgIpc) is 2.86. The topological polar surface area (TPSA) is 56.7 Å². The Morgan fingerprint density at radius 2 is 2.31 bits per heavy atom. The third-order valence-electron chi connectivity index (χ3n) is 2.59. The van der Waals surface area contributed by atoms with Crippen LogP contribution in [0.1, 0.15) is 31.2 Å². The van der Waals surface area contributed by atoms with Gasteiger partial charge < -0.3 is 5.73 Å². The molecule has 13 heavy (non-hydrogen) atoms. The van der Waals surface area contributed by atoms with Gasteiger partial charge in [0, 0.05) is 13.1 Å². The third-order valence-corrected chi connectivity index (χ3v) is 2.59. The van der Waals surface area contributed by atoms with Gasteiger partial charge in [0.2, 0.25) is 0 Å². The number of aryl methyl sites for hydroxylation is 1. The van der Waals surface area contributed by atoms with E-state index in [1.807, 2.05) is 4.68 Å². The summed E-state index contributed by atoms with van der Waals surface area (Å²) in [7, 11) is 0. The van der Waals surface area contributed by atoms with Crippen LogP contribution < -0.4 is 5.73 Å². The number of nitrogens with zero attached hydrogens (tertiary/aromatic N) is 3. The summed E-state index contributed by atoms with van der Waals surface area (Å²) in [4.78, 5) is 0. The first-order valence-corrected chi connectivity index (χ1v) is 4.96. The highest BCUT2D eigenvalue weighted by Crippen LogP contribution is 2.33. The van der Waals surface area contributed by atoms with E-state index in [0.29, 0.717) is 6.54 Å². The predicted octanol–water partition coefficient (Wildman–Crippen LogP) is 0.709. The first-order chi connectivity index (χ1) is 6.35. The van der Waals surface area contributed by atoms with E-state index in [9.17, 15) is 0 Å². The Morgan fingerprint density at radius 3 is 2.85 bits per heavy atom. The van der Waals surface area contributed by atoms with Crippen molar-refractivity contribution in [3.05, 3.63) is 11.4 Å². The zero-order chi connectivity index (χ0) is 9.26. The Kier molecular flexibility index (Phi) is 2.31. The fourth-order valence-electron chi connectivity index (χ4n) is 1.60. The summed E-state index contributed by atoms with van der Waals surface area (Å²) in [6.07, 6.45) is 3.84. The fourth-order valence-corrected chi connectivity index (χ4v) is 1.60. The predicted molar refractivity (Wildman–Crippen MR) is 50.0 cm³/mol. The molecule has 1 heterocycles. The quantitative estimate of drug-likeness (QED) is 0.742. The molecule has 0 saturated heterocycles. The molecule has 1 aromatic heterocycles. The number of hydrogen-bond donors (Lipinski definition) is 1. The van der Waals surface area contributed by atoms with Gasteiger partial charge in [-0.1, -0.05) is 5.21 Å². The van der Waals surface area contributed by atoms with E-state index in [2.05, 4.69) is 17.2 Å². The van der Waals surface area contributed by atoms with Crippen LogP contribution in [0.4, 0.5) is 0 Å². The van der Waals surface area contributed by atoms with Crippen molar-refractivity contribution in [3.63, 3.8) is 0 Å². The monoisotopic (exact) mass is 180 g/mol. The highest BCUT2D eigenvalue weighted by Gasteiger charge is 2.25. The molecule has 0 aliphatic heterocycles. The molecular formula is C9H16N4. The van der Waals surface area contributed by atoms with Crippen molar-refractivity contribution < 1.29 is 0 Å². The van der Waals surface area contributed by atoms with Crippen LogP contribution >= 0.6 is 0 Å². The van der Waals surface area contributed by atoms with Crippen molar-refractivity contribution >= 4 is 0 Å². The maximum atomic E-state index is 5.60. The van der Waals surface area contributed by atoms with Crippen molar-refractivity contribution in [2.75, 3.05) is 0 Å². The van der Waals surface area contributed by atoms with Crippen LogP contribution in [0.5, 0.6) is 0 Å². The van der Waals surface area contributed by atoms with E-state index in [-0.39, 0.29) is 0 Å². The van der Waals surface area contributed by atoms with Gasteiger partial charge in [-0.05, 0) is 32.1 Å². The second-order valence-corrected chi connectivity index (χ2v) is 3.65. The zero-order valence-corrected chi connectivity index (χ0v) is 8.03. The molecule has 4 nitrogen and oxygen atoms in total. The summed E-state index contributed by atoms with van der Waals surface area (Å²) in [5.41, 5.74) is 7.84. The van der Waals surface area contributed by atoms with Crippen LogP contribution in [-0.2, 0) is 19.5 Å². The van der Waals surface area contributed by atoms with Crippen LogP contribution in [0.25, 0.3) is 0 Å². The molecule has 0 spiro atoms. The first kappa shape index (κ1) is 8.69. The van der Waals surface area contributed by atoms with Gasteiger partial charge in [-0.2, -0.15) is 0 Å². The minimum Gasteiger partial charge on any atom is -0.325 e. The Morgan fingerprint density at radius 1 is 1.54 bits per heavy atom. The van der Waals surface area contributed by atoms with Gasteiger partial charge in [0.1, 0.15) is 0 Å². The van der Waals surface area contributed by atoms with Crippen molar-refractivity contribution in [2.45, 2.75) is 39.3 Å². The van der Waals surface area contributed by atoms with Gasteiger partial charge in [0.15, 0.2) is 0 Å². The molecule has 0 amide bonds. The van der Waals surface area contributed by atoms with Crippen molar-refractivity contribution in [1.82, 2.24) is 15.0 Å². The van der Waals surface area contributed by atoms with Crippen molar-refractivity contribution in [3.8, 4) is 0 Å². The second kappa shape index (κ2) is 3.46.